The van der Waals surface area contributed by atoms with E-state index >= 15 is 0 Å². The van der Waals surface area contributed by atoms with E-state index in [-0.39, 0.29) is 16.5 Å². The van der Waals surface area contributed by atoms with Crippen molar-refractivity contribution >= 4 is 21.9 Å². The monoisotopic (exact) mass is 297 g/mol. The van der Waals surface area contributed by atoms with Crippen molar-refractivity contribution in [3.63, 3.8) is 0 Å². The van der Waals surface area contributed by atoms with Gasteiger partial charge >= 0.3 is 5.97 Å². The molecule has 7 heteroatoms. The molecule has 0 aliphatic carbocycles. The van der Waals surface area contributed by atoms with Gasteiger partial charge in [0, 0.05) is 0 Å². The molecule has 0 unspecified atom stereocenters. The van der Waals surface area contributed by atoms with Crippen molar-refractivity contribution in [1.82, 2.24) is 4.98 Å². The number of hydrogen-bond acceptors (Lipinski definition) is 3. The van der Waals surface area contributed by atoms with Crippen molar-refractivity contribution in [1.29, 1.82) is 0 Å². The van der Waals surface area contributed by atoms with Gasteiger partial charge in [-0.2, -0.15) is 4.39 Å². The largest absolute Gasteiger partial charge is 0.469 e. The molecule has 1 rings (SSSR count). The number of nitrogens with zero attached hydrogens (tertiary/aromatic N) is 1. The number of carbonyl (C=O) groups excluding carboxylic acids is 1. The molecule has 0 aromatic carbocycles. The van der Waals surface area contributed by atoms with Gasteiger partial charge in [-0.1, -0.05) is 0 Å². The number of halogens is 4. The third-order valence-corrected chi connectivity index (χ3v) is 2.37. The van der Waals surface area contributed by atoms with E-state index in [1.54, 1.807) is 0 Å². The van der Waals surface area contributed by atoms with Crippen LogP contribution in [0.1, 0.15) is 17.7 Å². The van der Waals surface area contributed by atoms with E-state index in [0.717, 1.165) is 13.2 Å². The Balaban J connectivity index is 3.14. The second kappa shape index (κ2) is 5.29. The number of rotatable bonds is 3. The molecule has 0 saturated carbocycles. The average molecular weight is 298 g/mol. The van der Waals surface area contributed by atoms with Crippen LogP contribution in [0.3, 0.4) is 0 Å². The molecule has 0 spiro atoms. The topological polar surface area (TPSA) is 39.2 Å². The number of carbonyl (C=O) groups is 1. The molecule has 0 N–H and O–H groups in total. The van der Waals surface area contributed by atoms with Crippen LogP contribution in [0, 0.1) is 5.95 Å². The van der Waals surface area contributed by atoms with Gasteiger partial charge in [0.15, 0.2) is 0 Å². The van der Waals surface area contributed by atoms with Gasteiger partial charge in [-0.15, -0.1) is 0 Å². The summed E-state index contributed by atoms with van der Waals surface area (Å²) in [4.78, 5) is 14.0. The Morgan fingerprint density at radius 2 is 2.25 bits per heavy atom. The number of alkyl halides is 2. The number of pyridine rings is 1. The third kappa shape index (κ3) is 2.94. The summed E-state index contributed by atoms with van der Waals surface area (Å²) in [6.07, 6.45) is -3.32. The number of esters is 1. The van der Waals surface area contributed by atoms with Crippen LogP contribution in [0.4, 0.5) is 13.2 Å². The lowest BCUT2D eigenvalue weighted by Crippen LogP contribution is -2.09. The van der Waals surface area contributed by atoms with Crippen molar-refractivity contribution in [2.75, 3.05) is 7.11 Å². The van der Waals surface area contributed by atoms with E-state index in [2.05, 4.69) is 25.7 Å². The summed E-state index contributed by atoms with van der Waals surface area (Å²) in [6, 6.07) is 1.10. The van der Waals surface area contributed by atoms with Gasteiger partial charge in [0.1, 0.15) is 5.69 Å². The average Bonchev–Trinajstić information content (AvgIpc) is 2.22. The SMILES string of the molecule is COC(=O)Cc1cc(Br)c(F)nc1C(F)F. The standard InChI is InChI=1S/C9H7BrF3NO2/c1-16-6(15)3-4-2-5(10)9(13)14-7(4)8(11)12/h2,8H,3H2,1H3. The van der Waals surface area contributed by atoms with E-state index in [1.807, 2.05) is 0 Å². The van der Waals surface area contributed by atoms with Crippen LogP contribution in [0.25, 0.3) is 0 Å². The molecule has 1 aromatic rings. The molecule has 0 radical (unpaired) electrons. The van der Waals surface area contributed by atoms with Crippen LogP contribution in [0.5, 0.6) is 0 Å². The maximum absolute atomic E-state index is 12.9. The smallest absolute Gasteiger partial charge is 0.310 e. The van der Waals surface area contributed by atoms with Crippen LogP contribution in [-0.2, 0) is 16.0 Å². The summed E-state index contributed by atoms with van der Waals surface area (Å²) in [6.45, 7) is 0. The highest BCUT2D eigenvalue weighted by Crippen LogP contribution is 2.25. The number of ether oxygens (including phenoxy) is 1. The predicted molar refractivity (Wildman–Crippen MR) is 52.6 cm³/mol. The number of aromatic nitrogens is 1. The molecule has 1 heterocycles. The Labute approximate surface area is 97.8 Å². The highest BCUT2D eigenvalue weighted by Gasteiger charge is 2.20. The molecule has 0 bridgehead atoms. The molecule has 1 aromatic heterocycles. The van der Waals surface area contributed by atoms with Crippen molar-refractivity contribution in [2.24, 2.45) is 0 Å². The van der Waals surface area contributed by atoms with E-state index in [0.29, 0.717) is 0 Å². The maximum Gasteiger partial charge on any atom is 0.310 e. The van der Waals surface area contributed by atoms with Gasteiger partial charge in [-0.3, -0.25) is 4.79 Å². The number of methoxy groups -OCH3 is 1. The zero-order valence-electron chi connectivity index (χ0n) is 8.14. The van der Waals surface area contributed by atoms with Crippen LogP contribution < -0.4 is 0 Å². The Hall–Kier alpha value is -1.11. The lowest BCUT2D eigenvalue weighted by atomic mass is 10.1. The molecule has 3 nitrogen and oxygen atoms in total. The van der Waals surface area contributed by atoms with Crippen molar-refractivity contribution in [3.8, 4) is 0 Å². The summed E-state index contributed by atoms with van der Waals surface area (Å²) in [5.74, 6) is -1.73. The molecule has 0 aliphatic heterocycles. The summed E-state index contributed by atoms with van der Waals surface area (Å²) in [7, 11) is 1.14. The first-order chi connectivity index (χ1) is 7.45. The first kappa shape index (κ1) is 13.0. The Kier molecular flexibility index (Phi) is 4.28. The quantitative estimate of drug-likeness (QED) is 0.636. The molecule has 0 atom stereocenters. The molecular formula is C9H7BrF3NO2. The highest BCUT2D eigenvalue weighted by molar-refractivity contribution is 9.10. The third-order valence-electron chi connectivity index (χ3n) is 1.81. The van der Waals surface area contributed by atoms with Crippen molar-refractivity contribution in [3.05, 3.63) is 27.7 Å². The Bertz CT molecular complexity index is 412. The van der Waals surface area contributed by atoms with Crippen LogP contribution >= 0.6 is 15.9 Å². The zero-order chi connectivity index (χ0) is 12.3. The lowest BCUT2D eigenvalue weighted by molar-refractivity contribution is -0.139. The summed E-state index contributed by atoms with van der Waals surface area (Å²) < 4.78 is 42.2. The maximum atomic E-state index is 12.9. The minimum absolute atomic E-state index is 0.0601. The van der Waals surface area contributed by atoms with Gasteiger partial charge in [-0.25, -0.2) is 13.8 Å². The molecule has 0 aliphatic rings. The summed E-state index contributed by atoms with van der Waals surface area (Å²) in [5.41, 5.74) is -0.804. The molecule has 16 heavy (non-hydrogen) atoms. The lowest BCUT2D eigenvalue weighted by Gasteiger charge is -2.08. The van der Waals surface area contributed by atoms with Crippen molar-refractivity contribution < 1.29 is 22.7 Å². The van der Waals surface area contributed by atoms with Crippen molar-refractivity contribution in [2.45, 2.75) is 12.8 Å². The fourth-order valence-electron chi connectivity index (χ4n) is 1.08. The fourth-order valence-corrected chi connectivity index (χ4v) is 1.44. The van der Waals surface area contributed by atoms with Gasteiger partial charge in [0.05, 0.1) is 18.0 Å². The van der Waals surface area contributed by atoms with Gasteiger partial charge < -0.3 is 4.74 Å². The first-order valence-corrected chi connectivity index (χ1v) is 4.94. The van der Waals surface area contributed by atoms with Crippen LogP contribution in [0.2, 0.25) is 0 Å². The van der Waals surface area contributed by atoms with E-state index in [4.69, 9.17) is 0 Å². The van der Waals surface area contributed by atoms with Crippen LogP contribution in [-0.4, -0.2) is 18.1 Å². The molecule has 0 saturated heterocycles. The molecular weight excluding hydrogens is 291 g/mol. The fraction of sp³-hybridized carbons (Fsp3) is 0.333. The summed E-state index contributed by atoms with van der Waals surface area (Å²) in [5, 5.41) is 0. The predicted octanol–water partition coefficient (Wildman–Crippen LogP) is 2.64. The molecule has 0 amide bonds. The first-order valence-electron chi connectivity index (χ1n) is 4.15. The van der Waals surface area contributed by atoms with Gasteiger partial charge in [0.25, 0.3) is 6.43 Å². The van der Waals surface area contributed by atoms with E-state index in [1.165, 1.54) is 0 Å². The second-order valence-electron chi connectivity index (χ2n) is 2.86. The minimum Gasteiger partial charge on any atom is -0.469 e. The van der Waals surface area contributed by atoms with Crippen LogP contribution in [0.15, 0.2) is 10.5 Å². The Morgan fingerprint density at radius 1 is 1.62 bits per heavy atom. The zero-order valence-corrected chi connectivity index (χ0v) is 9.72. The molecule has 0 fully saturated rings. The normalized spacial score (nSPS) is 10.6. The summed E-state index contributed by atoms with van der Waals surface area (Å²) >= 11 is 2.81. The molecule has 88 valence electrons. The highest BCUT2D eigenvalue weighted by atomic mass is 79.9. The van der Waals surface area contributed by atoms with E-state index in [9.17, 15) is 18.0 Å². The Morgan fingerprint density at radius 3 is 2.75 bits per heavy atom. The van der Waals surface area contributed by atoms with E-state index < -0.39 is 24.0 Å². The van der Waals surface area contributed by atoms with Gasteiger partial charge in [0.2, 0.25) is 5.95 Å². The van der Waals surface area contributed by atoms with Gasteiger partial charge in [-0.05, 0) is 27.6 Å². The number of hydrogen-bond donors (Lipinski definition) is 0. The minimum atomic E-state index is -2.94. The second-order valence-corrected chi connectivity index (χ2v) is 3.71.